The summed E-state index contributed by atoms with van der Waals surface area (Å²) in [7, 11) is -4.12. The Morgan fingerprint density at radius 1 is 1.00 bits per heavy atom. The lowest BCUT2D eigenvalue weighted by Gasteiger charge is -2.20. The SMILES string of the molecule is O=S(=O)(c1ccc(Cl)cc1F)N(Cc1ccco1)Cc1ccco1. The Morgan fingerprint density at radius 2 is 1.58 bits per heavy atom. The highest BCUT2D eigenvalue weighted by Gasteiger charge is 2.29. The molecule has 0 radical (unpaired) electrons. The van der Waals surface area contributed by atoms with Gasteiger partial charge in [-0.15, -0.1) is 0 Å². The first-order valence-electron chi connectivity index (χ1n) is 6.97. The third-order valence-electron chi connectivity index (χ3n) is 3.34. The summed E-state index contributed by atoms with van der Waals surface area (Å²) in [5, 5.41) is 0.120. The molecule has 8 heteroatoms. The third-order valence-corrected chi connectivity index (χ3v) is 5.40. The number of hydrogen-bond acceptors (Lipinski definition) is 4. The molecule has 3 aromatic rings. The van der Waals surface area contributed by atoms with E-state index in [-0.39, 0.29) is 18.1 Å². The number of sulfonamides is 1. The number of nitrogens with zero attached hydrogens (tertiary/aromatic N) is 1. The summed E-state index contributed by atoms with van der Waals surface area (Å²) < 4.78 is 51.4. The zero-order valence-electron chi connectivity index (χ0n) is 12.4. The van der Waals surface area contributed by atoms with Gasteiger partial charge in [0.15, 0.2) is 0 Å². The first-order chi connectivity index (χ1) is 11.5. The van der Waals surface area contributed by atoms with Crippen molar-refractivity contribution in [2.75, 3.05) is 0 Å². The summed E-state index contributed by atoms with van der Waals surface area (Å²) in [4.78, 5) is -0.454. The molecule has 0 aliphatic carbocycles. The van der Waals surface area contributed by atoms with E-state index >= 15 is 0 Å². The van der Waals surface area contributed by atoms with E-state index in [1.54, 1.807) is 24.3 Å². The fraction of sp³-hybridized carbons (Fsp3) is 0.125. The molecule has 2 heterocycles. The average Bonchev–Trinajstić information content (AvgIpc) is 3.19. The second-order valence-electron chi connectivity index (χ2n) is 5.01. The van der Waals surface area contributed by atoms with E-state index in [4.69, 9.17) is 20.4 Å². The molecule has 0 aliphatic heterocycles. The molecule has 0 aliphatic rings. The Morgan fingerprint density at radius 3 is 2.04 bits per heavy atom. The van der Waals surface area contributed by atoms with Gasteiger partial charge in [-0.1, -0.05) is 11.6 Å². The highest BCUT2D eigenvalue weighted by Crippen LogP contribution is 2.25. The average molecular weight is 370 g/mol. The van der Waals surface area contributed by atoms with Crippen LogP contribution in [0.15, 0.2) is 68.7 Å². The van der Waals surface area contributed by atoms with Crippen molar-refractivity contribution in [2.24, 2.45) is 0 Å². The van der Waals surface area contributed by atoms with E-state index in [9.17, 15) is 12.8 Å². The van der Waals surface area contributed by atoms with Gasteiger partial charge in [0.25, 0.3) is 0 Å². The van der Waals surface area contributed by atoms with Gasteiger partial charge >= 0.3 is 0 Å². The van der Waals surface area contributed by atoms with Crippen molar-refractivity contribution in [3.8, 4) is 0 Å². The van der Waals surface area contributed by atoms with Gasteiger partial charge in [0, 0.05) is 5.02 Å². The molecular weight excluding hydrogens is 357 g/mol. The molecule has 2 aromatic heterocycles. The number of hydrogen-bond donors (Lipinski definition) is 0. The Balaban J connectivity index is 1.99. The monoisotopic (exact) mass is 369 g/mol. The number of benzene rings is 1. The Hall–Kier alpha value is -2.09. The summed E-state index contributed by atoms with van der Waals surface area (Å²) in [6.07, 6.45) is 2.88. The van der Waals surface area contributed by atoms with Crippen molar-refractivity contribution in [1.29, 1.82) is 0 Å². The van der Waals surface area contributed by atoms with Gasteiger partial charge in [-0.3, -0.25) is 0 Å². The minimum atomic E-state index is -4.12. The van der Waals surface area contributed by atoms with Crippen LogP contribution in [-0.2, 0) is 23.1 Å². The van der Waals surface area contributed by atoms with Crippen LogP contribution < -0.4 is 0 Å². The maximum absolute atomic E-state index is 14.1. The lowest BCUT2D eigenvalue weighted by Crippen LogP contribution is -2.30. The molecule has 0 N–H and O–H groups in total. The van der Waals surface area contributed by atoms with Gasteiger partial charge in [-0.25, -0.2) is 12.8 Å². The molecule has 0 atom stereocenters. The summed E-state index contributed by atoms with van der Waals surface area (Å²) in [6, 6.07) is 10.0. The summed E-state index contributed by atoms with van der Waals surface area (Å²) >= 11 is 5.70. The fourth-order valence-corrected chi connectivity index (χ4v) is 3.78. The van der Waals surface area contributed by atoms with Crippen molar-refractivity contribution in [2.45, 2.75) is 18.0 Å². The van der Waals surface area contributed by atoms with Crippen LogP contribution in [0.5, 0.6) is 0 Å². The van der Waals surface area contributed by atoms with Gasteiger partial charge in [0.05, 0.1) is 25.6 Å². The molecule has 0 saturated heterocycles. The molecular formula is C16H13ClFNO4S. The van der Waals surface area contributed by atoms with Crippen LogP contribution in [-0.4, -0.2) is 12.7 Å². The maximum Gasteiger partial charge on any atom is 0.246 e. The number of furan rings is 2. The van der Waals surface area contributed by atoms with Crippen LogP contribution in [0.1, 0.15) is 11.5 Å². The lowest BCUT2D eigenvalue weighted by molar-refractivity contribution is 0.329. The molecule has 24 heavy (non-hydrogen) atoms. The van der Waals surface area contributed by atoms with E-state index in [1.165, 1.54) is 18.6 Å². The van der Waals surface area contributed by atoms with Crippen molar-refractivity contribution in [3.63, 3.8) is 0 Å². The summed E-state index contributed by atoms with van der Waals surface area (Å²) in [5.41, 5.74) is 0. The Bertz CT molecular complexity index is 871. The minimum Gasteiger partial charge on any atom is -0.468 e. The molecule has 126 valence electrons. The van der Waals surface area contributed by atoms with Gasteiger partial charge in [0.1, 0.15) is 22.2 Å². The minimum absolute atomic E-state index is 0.0574. The van der Waals surface area contributed by atoms with E-state index < -0.39 is 20.7 Å². The lowest BCUT2D eigenvalue weighted by atomic mass is 10.3. The highest BCUT2D eigenvalue weighted by atomic mass is 35.5. The van der Waals surface area contributed by atoms with Gasteiger partial charge in [-0.05, 0) is 42.5 Å². The number of rotatable bonds is 6. The van der Waals surface area contributed by atoms with Crippen LogP contribution in [0.2, 0.25) is 5.02 Å². The van der Waals surface area contributed by atoms with Crippen molar-refractivity contribution >= 4 is 21.6 Å². The zero-order chi connectivity index (χ0) is 17.2. The largest absolute Gasteiger partial charge is 0.468 e. The molecule has 0 amide bonds. The molecule has 0 unspecified atom stereocenters. The van der Waals surface area contributed by atoms with E-state index in [0.29, 0.717) is 11.5 Å². The molecule has 5 nitrogen and oxygen atoms in total. The molecule has 0 bridgehead atoms. The third kappa shape index (κ3) is 3.53. The predicted molar refractivity (Wildman–Crippen MR) is 85.3 cm³/mol. The van der Waals surface area contributed by atoms with Gasteiger partial charge in [0.2, 0.25) is 10.0 Å². The molecule has 0 saturated carbocycles. The van der Waals surface area contributed by atoms with E-state index in [0.717, 1.165) is 16.4 Å². The smallest absolute Gasteiger partial charge is 0.246 e. The fourth-order valence-electron chi connectivity index (χ4n) is 2.20. The van der Waals surface area contributed by atoms with Gasteiger partial charge in [-0.2, -0.15) is 4.31 Å². The van der Waals surface area contributed by atoms with Gasteiger partial charge < -0.3 is 8.83 Å². The van der Waals surface area contributed by atoms with Crippen LogP contribution >= 0.6 is 11.6 Å². The second kappa shape index (κ2) is 6.80. The predicted octanol–water partition coefficient (Wildman–Crippen LogP) is 4.06. The zero-order valence-corrected chi connectivity index (χ0v) is 13.9. The first kappa shape index (κ1) is 16.8. The summed E-state index contributed by atoms with van der Waals surface area (Å²) in [5.74, 6) is -0.0506. The van der Waals surface area contributed by atoms with Crippen molar-refractivity contribution in [3.05, 3.63) is 77.4 Å². The van der Waals surface area contributed by atoms with Crippen LogP contribution in [0.4, 0.5) is 4.39 Å². The van der Waals surface area contributed by atoms with Crippen molar-refractivity contribution < 1.29 is 21.6 Å². The maximum atomic E-state index is 14.1. The second-order valence-corrected chi connectivity index (χ2v) is 7.35. The van der Waals surface area contributed by atoms with E-state index in [1.807, 2.05) is 0 Å². The molecule has 3 rings (SSSR count). The summed E-state index contributed by atoms with van der Waals surface area (Å²) in [6.45, 7) is -0.115. The topological polar surface area (TPSA) is 63.7 Å². The van der Waals surface area contributed by atoms with E-state index in [2.05, 4.69) is 0 Å². The Kier molecular flexibility index (Phi) is 4.75. The normalized spacial score (nSPS) is 12.0. The highest BCUT2D eigenvalue weighted by molar-refractivity contribution is 7.89. The molecule has 0 fully saturated rings. The Labute approximate surface area is 143 Å². The van der Waals surface area contributed by atoms with Crippen LogP contribution in [0, 0.1) is 5.82 Å². The van der Waals surface area contributed by atoms with Crippen LogP contribution in [0.25, 0.3) is 0 Å². The quantitative estimate of drug-likeness (QED) is 0.657. The first-order valence-corrected chi connectivity index (χ1v) is 8.78. The number of halogens is 2. The van der Waals surface area contributed by atoms with Crippen molar-refractivity contribution in [1.82, 2.24) is 4.31 Å². The molecule has 0 spiro atoms. The standard InChI is InChI=1S/C16H13ClFNO4S/c17-12-5-6-16(15(18)9-12)24(20,21)19(10-13-3-1-7-22-13)11-14-4-2-8-23-14/h1-9H,10-11H2. The van der Waals surface area contributed by atoms with Crippen LogP contribution in [0.3, 0.4) is 0 Å². The molecule has 1 aromatic carbocycles.